The molecule has 34 heavy (non-hydrogen) atoms. The summed E-state index contributed by atoms with van der Waals surface area (Å²) in [4.78, 5) is 49.9. The number of hydrogen-bond acceptors (Lipinski definition) is 6. The van der Waals surface area contributed by atoms with Crippen LogP contribution in [0.1, 0.15) is 35.9 Å². The number of amides is 2. The molecule has 0 saturated heterocycles. The third-order valence-electron chi connectivity index (χ3n) is 5.37. The fraction of sp³-hybridized carbons (Fsp3) is 0.280. The lowest BCUT2D eigenvalue weighted by molar-refractivity contribution is -0.134. The largest absolute Gasteiger partial charge is 0.466 e. The van der Waals surface area contributed by atoms with E-state index in [1.807, 2.05) is 19.1 Å². The van der Waals surface area contributed by atoms with Crippen molar-refractivity contribution in [2.24, 2.45) is 0 Å². The molecular formula is C25H27N3O6. The number of hydrogen-bond donors (Lipinski definition) is 2. The molecule has 3 aromatic rings. The summed E-state index contributed by atoms with van der Waals surface area (Å²) in [5, 5.41) is 6.12. The SMILES string of the molecule is CCn1cccc(NC(=O)C(CC/C=C/C(=O)OC)NC(=O)c2oc3ccccc3c2C)c1=O. The normalized spacial score (nSPS) is 12.0. The first-order chi connectivity index (χ1) is 16.3. The molecule has 2 aromatic heterocycles. The Morgan fingerprint density at radius 3 is 2.65 bits per heavy atom. The van der Waals surface area contributed by atoms with E-state index in [4.69, 9.17) is 4.42 Å². The number of anilines is 1. The molecular weight excluding hydrogens is 438 g/mol. The van der Waals surface area contributed by atoms with Gasteiger partial charge in [0.15, 0.2) is 5.76 Å². The van der Waals surface area contributed by atoms with E-state index in [1.165, 1.54) is 23.8 Å². The molecule has 2 amide bonds. The number of fused-ring (bicyclic) bond motifs is 1. The number of furan rings is 1. The summed E-state index contributed by atoms with van der Waals surface area (Å²) in [7, 11) is 1.27. The average molecular weight is 466 g/mol. The van der Waals surface area contributed by atoms with E-state index < -0.39 is 23.8 Å². The summed E-state index contributed by atoms with van der Waals surface area (Å²) in [5.41, 5.74) is 0.990. The first-order valence-corrected chi connectivity index (χ1v) is 10.9. The Morgan fingerprint density at radius 1 is 1.18 bits per heavy atom. The van der Waals surface area contributed by atoms with Gasteiger partial charge < -0.3 is 24.4 Å². The van der Waals surface area contributed by atoms with Gasteiger partial charge in [-0.05, 0) is 44.9 Å². The summed E-state index contributed by atoms with van der Waals surface area (Å²) in [6.07, 6.45) is 4.91. The van der Waals surface area contributed by atoms with Crippen LogP contribution >= 0.6 is 0 Å². The Hall–Kier alpha value is -4.14. The summed E-state index contributed by atoms with van der Waals surface area (Å²) >= 11 is 0. The van der Waals surface area contributed by atoms with E-state index in [-0.39, 0.29) is 23.4 Å². The number of allylic oxidation sites excluding steroid dienone is 1. The zero-order valence-electron chi connectivity index (χ0n) is 19.3. The van der Waals surface area contributed by atoms with Crippen molar-refractivity contribution in [3.63, 3.8) is 0 Å². The lowest BCUT2D eigenvalue weighted by atomic mass is 10.1. The Morgan fingerprint density at radius 2 is 1.94 bits per heavy atom. The van der Waals surface area contributed by atoms with Crippen LogP contribution in [-0.4, -0.2) is 35.5 Å². The van der Waals surface area contributed by atoms with Crippen LogP contribution in [0.15, 0.2) is 64.0 Å². The molecule has 0 aliphatic heterocycles. The van der Waals surface area contributed by atoms with Crippen LogP contribution in [0, 0.1) is 6.92 Å². The van der Waals surface area contributed by atoms with Crippen molar-refractivity contribution < 1.29 is 23.5 Å². The fourth-order valence-electron chi connectivity index (χ4n) is 3.49. The minimum atomic E-state index is -0.989. The standard InChI is InChI=1S/C25H27N3O6/c1-4-28-15-9-12-19(25(28)32)27-23(30)18(11-6-8-14-21(29)33-3)26-24(31)22-16(2)17-10-5-7-13-20(17)34-22/h5,7-10,12-15,18H,4,6,11H2,1-3H3,(H,26,31)(H,27,30)/b14-8+. The van der Waals surface area contributed by atoms with Crippen molar-refractivity contribution in [3.05, 3.63) is 76.4 Å². The number of carbonyl (C=O) groups excluding carboxylic acids is 3. The summed E-state index contributed by atoms with van der Waals surface area (Å²) in [6.45, 7) is 4.04. The molecule has 0 aliphatic carbocycles. The van der Waals surface area contributed by atoms with Crippen LogP contribution in [0.4, 0.5) is 5.69 Å². The monoisotopic (exact) mass is 465 g/mol. The second-order valence-electron chi connectivity index (χ2n) is 7.58. The Balaban J connectivity index is 1.82. The van der Waals surface area contributed by atoms with Crippen LogP contribution in [0.3, 0.4) is 0 Å². The minimum Gasteiger partial charge on any atom is -0.466 e. The predicted octanol–water partition coefficient (Wildman–Crippen LogP) is 3.17. The number of nitrogens with zero attached hydrogens (tertiary/aromatic N) is 1. The van der Waals surface area contributed by atoms with Gasteiger partial charge in [-0.2, -0.15) is 0 Å². The number of carbonyl (C=O) groups is 3. The molecule has 178 valence electrons. The van der Waals surface area contributed by atoms with E-state index in [9.17, 15) is 19.2 Å². The highest BCUT2D eigenvalue weighted by atomic mass is 16.5. The first-order valence-electron chi connectivity index (χ1n) is 10.9. The molecule has 0 saturated carbocycles. The molecule has 3 rings (SSSR count). The molecule has 1 aromatic carbocycles. The quantitative estimate of drug-likeness (QED) is 0.370. The van der Waals surface area contributed by atoms with Crippen molar-refractivity contribution in [1.82, 2.24) is 9.88 Å². The first kappa shape index (κ1) is 24.5. The fourth-order valence-corrected chi connectivity index (χ4v) is 3.49. The molecule has 1 atom stereocenters. The highest BCUT2D eigenvalue weighted by Gasteiger charge is 2.25. The number of esters is 1. The van der Waals surface area contributed by atoms with Crippen LogP contribution in [0.5, 0.6) is 0 Å². The molecule has 2 N–H and O–H groups in total. The third kappa shape index (κ3) is 5.61. The molecule has 0 radical (unpaired) electrons. The number of pyridine rings is 1. The predicted molar refractivity (Wildman–Crippen MR) is 128 cm³/mol. The summed E-state index contributed by atoms with van der Waals surface area (Å²) < 4.78 is 11.7. The molecule has 0 fully saturated rings. The van der Waals surface area contributed by atoms with E-state index in [0.717, 1.165) is 5.39 Å². The van der Waals surface area contributed by atoms with Gasteiger partial charge in [0, 0.05) is 29.8 Å². The number of methoxy groups -OCH3 is 1. The van der Waals surface area contributed by atoms with Gasteiger partial charge in [0.05, 0.1) is 7.11 Å². The smallest absolute Gasteiger partial charge is 0.330 e. The molecule has 0 aliphatic rings. The molecule has 9 heteroatoms. The van der Waals surface area contributed by atoms with Crippen LogP contribution < -0.4 is 16.2 Å². The van der Waals surface area contributed by atoms with Gasteiger partial charge in [-0.25, -0.2) is 4.79 Å². The molecule has 2 heterocycles. The number of para-hydroxylation sites is 1. The second-order valence-corrected chi connectivity index (χ2v) is 7.58. The van der Waals surface area contributed by atoms with Crippen molar-refractivity contribution in [1.29, 1.82) is 0 Å². The number of ether oxygens (including phenoxy) is 1. The van der Waals surface area contributed by atoms with Gasteiger partial charge in [-0.15, -0.1) is 0 Å². The number of aryl methyl sites for hydroxylation is 2. The highest BCUT2D eigenvalue weighted by molar-refractivity contribution is 6.03. The van der Waals surface area contributed by atoms with Crippen molar-refractivity contribution in [2.45, 2.75) is 39.3 Å². The Labute approximate surface area is 196 Å². The summed E-state index contributed by atoms with van der Waals surface area (Å²) in [5.74, 6) is -1.52. The lowest BCUT2D eigenvalue weighted by Crippen LogP contribution is -2.44. The molecule has 1 unspecified atom stereocenters. The summed E-state index contributed by atoms with van der Waals surface area (Å²) in [6, 6.07) is 9.43. The number of nitrogens with one attached hydrogen (secondary N) is 2. The van der Waals surface area contributed by atoms with Gasteiger partial charge in [0.2, 0.25) is 5.91 Å². The Bertz CT molecular complexity index is 1290. The van der Waals surface area contributed by atoms with Gasteiger partial charge in [-0.1, -0.05) is 24.3 Å². The van der Waals surface area contributed by atoms with E-state index >= 15 is 0 Å². The van der Waals surface area contributed by atoms with E-state index in [0.29, 0.717) is 24.1 Å². The number of rotatable bonds is 9. The highest BCUT2D eigenvalue weighted by Crippen LogP contribution is 2.25. The zero-order chi connectivity index (χ0) is 24.7. The topological polar surface area (TPSA) is 120 Å². The van der Waals surface area contributed by atoms with Crippen molar-refractivity contribution in [2.75, 3.05) is 12.4 Å². The molecule has 0 spiro atoms. The number of benzene rings is 1. The van der Waals surface area contributed by atoms with Gasteiger partial charge in [-0.3, -0.25) is 14.4 Å². The van der Waals surface area contributed by atoms with Gasteiger partial charge in [0.1, 0.15) is 17.3 Å². The second kappa shape index (κ2) is 11.1. The van der Waals surface area contributed by atoms with Crippen LogP contribution in [-0.2, 0) is 20.9 Å². The third-order valence-corrected chi connectivity index (χ3v) is 5.37. The number of aromatic nitrogens is 1. The van der Waals surface area contributed by atoms with Gasteiger partial charge in [0.25, 0.3) is 11.5 Å². The van der Waals surface area contributed by atoms with Crippen LogP contribution in [0.2, 0.25) is 0 Å². The Kier molecular flexibility index (Phi) is 8.02. The van der Waals surface area contributed by atoms with E-state index in [2.05, 4.69) is 15.4 Å². The zero-order valence-corrected chi connectivity index (χ0v) is 19.3. The molecule has 9 nitrogen and oxygen atoms in total. The van der Waals surface area contributed by atoms with Crippen LogP contribution in [0.25, 0.3) is 11.0 Å². The van der Waals surface area contributed by atoms with E-state index in [1.54, 1.807) is 37.4 Å². The molecule has 0 bridgehead atoms. The lowest BCUT2D eigenvalue weighted by Gasteiger charge is -2.18. The maximum Gasteiger partial charge on any atom is 0.330 e. The van der Waals surface area contributed by atoms with Crippen molar-refractivity contribution in [3.8, 4) is 0 Å². The van der Waals surface area contributed by atoms with Gasteiger partial charge >= 0.3 is 5.97 Å². The minimum absolute atomic E-state index is 0.108. The average Bonchev–Trinajstić information content (AvgIpc) is 3.18. The maximum absolute atomic E-state index is 13.1. The van der Waals surface area contributed by atoms with Crippen molar-refractivity contribution >= 4 is 34.4 Å². The maximum atomic E-state index is 13.1.